The molecule has 0 aliphatic carbocycles. The molecule has 14 heteroatoms. The second kappa shape index (κ2) is 11.7. The standard InChI is InChI=1S/C28H26F6N4O4/c1-40-21-5-3-18(4-6-21)23-22-24(36-26(35-23)37-8-11-41-12-9-37)42-10-2-7-38(25(22)39)16-17-13-19(27(29,30)31)15-20(14-17)28(32,33)34/h3-6,13-15H,2,7-12,16H2,1H3. The van der Waals surface area contributed by atoms with Crippen LogP contribution in [-0.4, -0.2) is 67.3 Å². The summed E-state index contributed by atoms with van der Waals surface area (Å²) in [6.07, 6.45) is -9.75. The van der Waals surface area contributed by atoms with Crippen molar-refractivity contribution in [3.63, 3.8) is 0 Å². The Bertz CT molecular complexity index is 1410. The number of ether oxygens (including phenoxy) is 3. The van der Waals surface area contributed by atoms with Gasteiger partial charge in [-0.1, -0.05) is 0 Å². The van der Waals surface area contributed by atoms with Crippen LogP contribution < -0.4 is 14.4 Å². The molecular formula is C28H26F6N4O4. The Hall–Kier alpha value is -4.07. The third kappa shape index (κ3) is 6.37. The first-order chi connectivity index (χ1) is 19.9. The molecule has 0 N–H and O–H groups in total. The van der Waals surface area contributed by atoms with Crippen molar-refractivity contribution < 1.29 is 45.3 Å². The number of hydrogen-bond acceptors (Lipinski definition) is 7. The Labute approximate surface area is 236 Å². The van der Waals surface area contributed by atoms with Crippen LogP contribution in [0.3, 0.4) is 0 Å². The minimum absolute atomic E-state index is 0.0170. The summed E-state index contributed by atoms with van der Waals surface area (Å²) in [5.41, 5.74) is -2.54. The van der Waals surface area contributed by atoms with E-state index in [9.17, 15) is 31.1 Å². The molecule has 3 heterocycles. The fraction of sp³-hybridized carbons (Fsp3) is 0.393. The third-order valence-electron chi connectivity index (χ3n) is 6.85. The highest BCUT2D eigenvalue weighted by Gasteiger charge is 2.38. The summed E-state index contributed by atoms with van der Waals surface area (Å²) < 4.78 is 97.5. The molecule has 1 saturated heterocycles. The van der Waals surface area contributed by atoms with Gasteiger partial charge in [-0.05, 0) is 54.4 Å². The van der Waals surface area contributed by atoms with Crippen LogP contribution in [-0.2, 0) is 23.6 Å². The molecule has 0 spiro atoms. The number of carbonyl (C=O) groups is 1. The van der Waals surface area contributed by atoms with Gasteiger partial charge in [-0.3, -0.25) is 4.79 Å². The summed E-state index contributed by atoms with van der Waals surface area (Å²) in [5.74, 6) is 0.149. The first-order valence-corrected chi connectivity index (χ1v) is 13.0. The van der Waals surface area contributed by atoms with E-state index >= 15 is 0 Å². The number of methoxy groups -OCH3 is 1. The maximum absolute atomic E-state index is 14.0. The second-order valence-electron chi connectivity index (χ2n) is 9.72. The largest absolute Gasteiger partial charge is 0.497 e. The first-order valence-electron chi connectivity index (χ1n) is 13.0. The number of aromatic nitrogens is 2. The second-order valence-corrected chi connectivity index (χ2v) is 9.72. The number of amides is 1. The van der Waals surface area contributed by atoms with Crippen molar-refractivity contribution in [2.75, 3.05) is 51.5 Å². The molecule has 0 atom stereocenters. The van der Waals surface area contributed by atoms with Gasteiger partial charge in [0.25, 0.3) is 5.91 Å². The van der Waals surface area contributed by atoms with Gasteiger partial charge in [-0.15, -0.1) is 0 Å². The molecule has 1 aromatic heterocycles. The number of rotatable bonds is 5. The molecule has 2 aliphatic heterocycles. The molecule has 3 aromatic rings. The minimum Gasteiger partial charge on any atom is -0.497 e. The Balaban J connectivity index is 1.59. The van der Waals surface area contributed by atoms with Crippen molar-refractivity contribution in [1.29, 1.82) is 0 Å². The molecule has 0 saturated carbocycles. The fourth-order valence-electron chi connectivity index (χ4n) is 4.75. The van der Waals surface area contributed by atoms with Gasteiger partial charge >= 0.3 is 12.4 Å². The average Bonchev–Trinajstić information content (AvgIpc) is 2.96. The molecule has 224 valence electrons. The quantitative estimate of drug-likeness (QED) is 0.363. The Morgan fingerprint density at radius 2 is 1.52 bits per heavy atom. The molecule has 42 heavy (non-hydrogen) atoms. The van der Waals surface area contributed by atoms with Gasteiger partial charge in [0.2, 0.25) is 11.8 Å². The van der Waals surface area contributed by atoms with E-state index in [2.05, 4.69) is 9.97 Å². The van der Waals surface area contributed by atoms with Gasteiger partial charge in [0.05, 0.1) is 43.8 Å². The molecule has 0 unspecified atom stereocenters. The summed E-state index contributed by atoms with van der Waals surface area (Å²) >= 11 is 0. The van der Waals surface area contributed by atoms with E-state index in [1.807, 2.05) is 4.90 Å². The van der Waals surface area contributed by atoms with E-state index < -0.39 is 35.9 Å². The lowest BCUT2D eigenvalue weighted by atomic mass is 10.0. The van der Waals surface area contributed by atoms with Crippen LogP contribution in [0.4, 0.5) is 32.3 Å². The van der Waals surface area contributed by atoms with E-state index in [-0.39, 0.29) is 48.3 Å². The van der Waals surface area contributed by atoms with Crippen LogP contribution in [0.5, 0.6) is 11.6 Å². The van der Waals surface area contributed by atoms with Crippen molar-refractivity contribution in [1.82, 2.24) is 14.9 Å². The molecule has 2 aliphatic rings. The van der Waals surface area contributed by atoms with Crippen LogP contribution in [0.15, 0.2) is 42.5 Å². The number of carbonyl (C=O) groups excluding carboxylic acids is 1. The number of alkyl halides is 6. The lowest BCUT2D eigenvalue weighted by Gasteiger charge is -2.30. The predicted molar refractivity (Wildman–Crippen MR) is 138 cm³/mol. The number of fused-ring (bicyclic) bond motifs is 1. The van der Waals surface area contributed by atoms with E-state index in [1.165, 1.54) is 12.0 Å². The van der Waals surface area contributed by atoms with Gasteiger partial charge in [0, 0.05) is 31.7 Å². The smallest absolute Gasteiger partial charge is 0.416 e. The van der Waals surface area contributed by atoms with Gasteiger partial charge < -0.3 is 24.0 Å². The van der Waals surface area contributed by atoms with Gasteiger partial charge in [0.15, 0.2) is 0 Å². The van der Waals surface area contributed by atoms with Gasteiger partial charge in [-0.2, -0.15) is 31.3 Å². The fourth-order valence-corrected chi connectivity index (χ4v) is 4.75. The van der Waals surface area contributed by atoms with Crippen LogP contribution in [0.25, 0.3) is 11.3 Å². The van der Waals surface area contributed by atoms with E-state index in [0.717, 1.165) is 0 Å². The molecule has 8 nitrogen and oxygen atoms in total. The Morgan fingerprint density at radius 1 is 0.881 bits per heavy atom. The van der Waals surface area contributed by atoms with Crippen LogP contribution in [0.1, 0.15) is 33.5 Å². The Morgan fingerprint density at radius 3 is 2.12 bits per heavy atom. The highest BCUT2D eigenvalue weighted by Crippen LogP contribution is 2.38. The monoisotopic (exact) mass is 596 g/mol. The number of benzene rings is 2. The number of nitrogens with zero attached hydrogens (tertiary/aromatic N) is 4. The molecule has 1 amide bonds. The van der Waals surface area contributed by atoms with Crippen molar-refractivity contribution in [2.24, 2.45) is 0 Å². The number of halogens is 6. The highest BCUT2D eigenvalue weighted by atomic mass is 19.4. The van der Waals surface area contributed by atoms with Crippen molar-refractivity contribution in [3.8, 4) is 22.9 Å². The highest BCUT2D eigenvalue weighted by molar-refractivity contribution is 6.02. The first kappa shape index (κ1) is 29.4. The summed E-state index contributed by atoms with van der Waals surface area (Å²) in [5, 5.41) is 0. The molecular weight excluding hydrogens is 570 g/mol. The van der Waals surface area contributed by atoms with Crippen molar-refractivity contribution in [2.45, 2.75) is 25.3 Å². The van der Waals surface area contributed by atoms with Crippen LogP contribution in [0.2, 0.25) is 0 Å². The number of morpholine rings is 1. The van der Waals surface area contributed by atoms with Crippen molar-refractivity contribution >= 4 is 11.9 Å². The third-order valence-corrected chi connectivity index (χ3v) is 6.85. The lowest BCUT2D eigenvalue weighted by Crippen LogP contribution is -2.38. The normalized spacial score (nSPS) is 16.4. The zero-order valence-corrected chi connectivity index (χ0v) is 22.4. The predicted octanol–water partition coefficient (Wildman–Crippen LogP) is 5.45. The van der Waals surface area contributed by atoms with Gasteiger partial charge in [-0.25, -0.2) is 4.98 Å². The molecule has 1 fully saturated rings. The average molecular weight is 597 g/mol. The summed E-state index contributed by atoms with van der Waals surface area (Å²) in [7, 11) is 1.50. The Kier molecular flexibility index (Phi) is 8.17. The molecule has 2 aromatic carbocycles. The number of hydrogen-bond donors (Lipinski definition) is 0. The van der Waals surface area contributed by atoms with Gasteiger partial charge in [0.1, 0.15) is 11.3 Å². The topological polar surface area (TPSA) is 77.0 Å². The lowest BCUT2D eigenvalue weighted by molar-refractivity contribution is -0.143. The van der Waals surface area contributed by atoms with E-state index in [1.54, 1.807) is 24.3 Å². The summed E-state index contributed by atoms with van der Waals surface area (Å²) in [4.78, 5) is 26.3. The summed E-state index contributed by atoms with van der Waals surface area (Å²) in [6.45, 7) is 1.51. The minimum atomic E-state index is -5.01. The van der Waals surface area contributed by atoms with E-state index in [4.69, 9.17) is 14.2 Å². The molecule has 5 rings (SSSR count). The van der Waals surface area contributed by atoms with Crippen LogP contribution >= 0.6 is 0 Å². The maximum atomic E-state index is 14.0. The molecule has 0 radical (unpaired) electrons. The summed E-state index contributed by atoms with van der Waals surface area (Å²) in [6, 6.07) is 8.02. The van der Waals surface area contributed by atoms with E-state index in [0.29, 0.717) is 55.7 Å². The maximum Gasteiger partial charge on any atom is 0.416 e. The molecule has 0 bridgehead atoms. The van der Waals surface area contributed by atoms with Crippen LogP contribution in [0, 0.1) is 0 Å². The van der Waals surface area contributed by atoms with Crippen molar-refractivity contribution in [3.05, 3.63) is 64.7 Å². The SMILES string of the molecule is COc1ccc(-c2nc(N3CCOCC3)nc3c2C(=O)N(Cc2cc(C(F)(F)F)cc(C(F)(F)F)c2)CCCO3)cc1. The zero-order valence-electron chi connectivity index (χ0n) is 22.4. The number of anilines is 1. The zero-order chi connectivity index (χ0) is 30.1.